The van der Waals surface area contributed by atoms with Crippen LogP contribution in [0, 0.1) is 13.8 Å². The van der Waals surface area contributed by atoms with E-state index in [1.807, 2.05) is 56.3 Å². The van der Waals surface area contributed by atoms with Crippen molar-refractivity contribution < 1.29 is 9.59 Å². The Morgan fingerprint density at radius 1 is 1.14 bits per heavy atom. The summed E-state index contributed by atoms with van der Waals surface area (Å²) in [5, 5.41) is 3.06. The van der Waals surface area contributed by atoms with Gasteiger partial charge in [-0.05, 0) is 61.2 Å². The van der Waals surface area contributed by atoms with Gasteiger partial charge in [-0.15, -0.1) is 0 Å². The molecule has 0 unspecified atom stereocenters. The molecule has 28 heavy (non-hydrogen) atoms. The Hall–Kier alpha value is -2.60. The molecule has 0 bridgehead atoms. The Morgan fingerprint density at radius 2 is 1.86 bits per heavy atom. The normalized spacial score (nSPS) is 18.0. The lowest BCUT2D eigenvalue weighted by molar-refractivity contribution is -0.127. The number of amides is 2. The lowest BCUT2D eigenvalue weighted by atomic mass is 10.1. The molecule has 5 nitrogen and oxygen atoms in total. The SMILES string of the molecule is CCc1ccc(N=C2S[C@H](CC(=O)Nc3ccc(C)c(C)c3)C(=O)N2C)cc1. The fraction of sp³-hybridized carbons (Fsp3) is 0.318. The number of rotatable bonds is 5. The Bertz CT molecular complexity index is 922. The second kappa shape index (κ2) is 8.61. The van der Waals surface area contributed by atoms with E-state index in [2.05, 4.69) is 17.2 Å². The van der Waals surface area contributed by atoms with Crippen LogP contribution in [0.1, 0.15) is 30.0 Å². The number of thioether (sulfide) groups is 1. The first-order chi connectivity index (χ1) is 13.4. The summed E-state index contributed by atoms with van der Waals surface area (Å²) in [5.41, 5.74) is 5.09. The number of nitrogens with zero attached hydrogens (tertiary/aromatic N) is 2. The number of aliphatic imine (C=N–C) groups is 1. The fourth-order valence-corrected chi connectivity index (χ4v) is 4.07. The van der Waals surface area contributed by atoms with Crippen LogP contribution in [0.3, 0.4) is 0 Å². The molecule has 1 heterocycles. The molecule has 0 aliphatic carbocycles. The van der Waals surface area contributed by atoms with Crippen molar-refractivity contribution in [2.45, 2.75) is 38.9 Å². The van der Waals surface area contributed by atoms with Crippen molar-refractivity contribution in [3.8, 4) is 0 Å². The van der Waals surface area contributed by atoms with Crippen LogP contribution < -0.4 is 5.32 Å². The number of benzene rings is 2. The molecule has 0 saturated carbocycles. The Balaban J connectivity index is 1.66. The van der Waals surface area contributed by atoms with E-state index in [1.165, 1.54) is 27.8 Å². The summed E-state index contributed by atoms with van der Waals surface area (Å²) < 4.78 is 0. The molecule has 1 aliphatic rings. The van der Waals surface area contributed by atoms with Gasteiger partial charge in [0.25, 0.3) is 0 Å². The van der Waals surface area contributed by atoms with Gasteiger partial charge >= 0.3 is 0 Å². The number of anilines is 1. The van der Waals surface area contributed by atoms with E-state index in [1.54, 1.807) is 7.05 Å². The zero-order valence-electron chi connectivity index (χ0n) is 16.7. The smallest absolute Gasteiger partial charge is 0.242 e. The molecule has 1 saturated heterocycles. The van der Waals surface area contributed by atoms with E-state index in [4.69, 9.17) is 0 Å². The molecule has 0 spiro atoms. The summed E-state index contributed by atoms with van der Waals surface area (Å²) >= 11 is 1.34. The van der Waals surface area contributed by atoms with Gasteiger partial charge in [-0.2, -0.15) is 0 Å². The molecular formula is C22H25N3O2S. The van der Waals surface area contributed by atoms with E-state index in [-0.39, 0.29) is 18.2 Å². The second-order valence-electron chi connectivity index (χ2n) is 6.97. The summed E-state index contributed by atoms with van der Waals surface area (Å²) in [6.45, 7) is 6.14. The highest BCUT2D eigenvalue weighted by Gasteiger charge is 2.37. The third kappa shape index (κ3) is 4.62. The molecule has 3 rings (SSSR count). The Labute approximate surface area is 170 Å². The van der Waals surface area contributed by atoms with Gasteiger partial charge < -0.3 is 5.32 Å². The van der Waals surface area contributed by atoms with Gasteiger partial charge in [0, 0.05) is 19.2 Å². The van der Waals surface area contributed by atoms with Crippen molar-refractivity contribution in [2.24, 2.45) is 4.99 Å². The number of aryl methyl sites for hydroxylation is 3. The van der Waals surface area contributed by atoms with E-state index >= 15 is 0 Å². The average Bonchev–Trinajstić information content (AvgIpc) is 2.93. The summed E-state index contributed by atoms with van der Waals surface area (Å²) in [6.07, 6.45) is 1.09. The molecule has 0 aromatic heterocycles. The third-order valence-corrected chi connectivity index (χ3v) is 6.10. The quantitative estimate of drug-likeness (QED) is 0.813. The van der Waals surface area contributed by atoms with E-state index in [0.717, 1.165) is 23.4 Å². The van der Waals surface area contributed by atoms with Gasteiger partial charge in [0.15, 0.2) is 5.17 Å². The average molecular weight is 396 g/mol. The Morgan fingerprint density at radius 3 is 2.50 bits per heavy atom. The van der Waals surface area contributed by atoms with Crippen LogP contribution in [0.4, 0.5) is 11.4 Å². The first kappa shape index (κ1) is 20.1. The maximum atomic E-state index is 12.5. The van der Waals surface area contributed by atoms with Crippen molar-refractivity contribution >= 4 is 40.1 Å². The second-order valence-corrected chi connectivity index (χ2v) is 8.14. The maximum Gasteiger partial charge on any atom is 0.242 e. The fourth-order valence-electron chi connectivity index (χ4n) is 2.91. The summed E-state index contributed by atoms with van der Waals surface area (Å²) in [6, 6.07) is 13.8. The maximum absolute atomic E-state index is 12.5. The highest BCUT2D eigenvalue weighted by atomic mass is 32.2. The van der Waals surface area contributed by atoms with E-state index in [0.29, 0.717) is 5.17 Å². The molecule has 0 radical (unpaired) electrons. The van der Waals surface area contributed by atoms with Gasteiger partial charge in [0.05, 0.1) is 5.69 Å². The van der Waals surface area contributed by atoms with Crippen LogP contribution in [0.2, 0.25) is 0 Å². The number of carbonyl (C=O) groups is 2. The van der Waals surface area contributed by atoms with Gasteiger partial charge in [-0.25, -0.2) is 4.99 Å². The largest absolute Gasteiger partial charge is 0.326 e. The molecule has 1 fully saturated rings. The van der Waals surface area contributed by atoms with Crippen LogP contribution in [0.5, 0.6) is 0 Å². The van der Waals surface area contributed by atoms with Crippen molar-refractivity contribution in [1.82, 2.24) is 4.90 Å². The van der Waals surface area contributed by atoms with Crippen LogP contribution in [-0.2, 0) is 16.0 Å². The Kier molecular flexibility index (Phi) is 6.19. The lowest BCUT2D eigenvalue weighted by Crippen LogP contribution is -2.30. The molecular weight excluding hydrogens is 370 g/mol. The van der Waals surface area contributed by atoms with Crippen molar-refractivity contribution in [3.05, 3.63) is 59.2 Å². The number of hydrogen-bond acceptors (Lipinski definition) is 4. The minimum atomic E-state index is -0.454. The molecule has 2 amide bonds. The first-order valence-electron chi connectivity index (χ1n) is 9.36. The molecule has 1 atom stereocenters. The van der Waals surface area contributed by atoms with Crippen molar-refractivity contribution in [3.63, 3.8) is 0 Å². The van der Waals surface area contributed by atoms with Crippen LogP contribution in [0.25, 0.3) is 0 Å². The van der Waals surface area contributed by atoms with E-state index in [9.17, 15) is 9.59 Å². The number of carbonyl (C=O) groups excluding carboxylic acids is 2. The summed E-state index contributed by atoms with van der Waals surface area (Å²) in [4.78, 5) is 31.1. The van der Waals surface area contributed by atoms with Crippen LogP contribution in [-0.4, -0.2) is 34.2 Å². The molecule has 2 aromatic carbocycles. The third-order valence-electron chi connectivity index (χ3n) is 4.87. The number of amidine groups is 1. The predicted octanol–water partition coefficient (Wildman–Crippen LogP) is 4.46. The summed E-state index contributed by atoms with van der Waals surface area (Å²) in [5.74, 6) is -0.264. The molecule has 2 aromatic rings. The minimum absolute atomic E-state index is 0.0934. The molecule has 146 valence electrons. The zero-order valence-corrected chi connectivity index (χ0v) is 17.5. The van der Waals surface area contributed by atoms with Crippen LogP contribution in [0.15, 0.2) is 47.5 Å². The topological polar surface area (TPSA) is 61.8 Å². The lowest BCUT2D eigenvalue weighted by Gasteiger charge is -2.10. The van der Waals surface area contributed by atoms with Crippen molar-refractivity contribution in [1.29, 1.82) is 0 Å². The van der Waals surface area contributed by atoms with E-state index < -0.39 is 5.25 Å². The highest BCUT2D eigenvalue weighted by Crippen LogP contribution is 2.31. The van der Waals surface area contributed by atoms with Gasteiger partial charge in [-0.3, -0.25) is 14.5 Å². The molecule has 1 N–H and O–H groups in total. The van der Waals surface area contributed by atoms with Gasteiger partial charge in [0.2, 0.25) is 11.8 Å². The highest BCUT2D eigenvalue weighted by molar-refractivity contribution is 8.15. The minimum Gasteiger partial charge on any atom is -0.326 e. The molecule has 1 aliphatic heterocycles. The number of nitrogens with one attached hydrogen (secondary N) is 1. The van der Waals surface area contributed by atoms with Gasteiger partial charge in [-0.1, -0.05) is 36.9 Å². The summed E-state index contributed by atoms with van der Waals surface area (Å²) in [7, 11) is 1.70. The monoisotopic (exact) mass is 395 g/mol. The predicted molar refractivity (Wildman–Crippen MR) is 116 cm³/mol. The number of hydrogen-bond donors (Lipinski definition) is 1. The van der Waals surface area contributed by atoms with Crippen molar-refractivity contribution in [2.75, 3.05) is 12.4 Å². The van der Waals surface area contributed by atoms with Gasteiger partial charge in [0.1, 0.15) is 5.25 Å². The zero-order chi connectivity index (χ0) is 20.3. The first-order valence-corrected chi connectivity index (χ1v) is 10.2. The van der Waals surface area contributed by atoms with Crippen LogP contribution >= 0.6 is 11.8 Å². The standard InChI is InChI=1S/C22H25N3O2S/c1-5-16-7-10-17(11-8-16)24-22-25(4)21(27)19(28-22)13-20(26)23-18-9-6-14(2)15(3)12-18/h6-12,19H,5,13H2,1-4H3,(H,23,26)/t19-/m1/s1. The molecule has 6 heteroatoms.